The third kappa shape index (κ3) is 3.75. The second-order valence-corrected chi connectivity index (χ2v) is 6.51. The molecule has 5 nitrogen and oxygen atoms in total. The van der Waals surface area contributed by atoms with Gasteiger partial charge in [0.15, 0.2) is 5.65 Å². The first-order valence-electron chi connectivity index (χ1n) is 8.63. The van der Waals surface area contributed by atoms with Crippen LogP contribution in [0.5, 0.6) is 0 Å². The molecular weight excluding hydrogens is 388 g/mol. The van der Waals surface area contributed by atoms with Gasteiger partial charge >= 0.3 is 6.18 Å². The quantitative estimate of drug-likeness (QED) is 0.488. The molecule has 0 aliphatic carbocycles. The van der Waals surface area contributed by atoms with Crippen LogP contribution in [-0.2, 0) is 19.3 Å². The maximum absolute atomic E-state index is 13.9. The van der Waals surface area contributed by atoms with Crippen LogP contribution in [0.3, 0.4) is 0 Å². The van der Waals surface area contributed by atoms with Crippen LogP contribution in [0.2, 0.25) is 0 Å². The molecule has 2 aromatic heterocycles. The van der Waals surface area contributed by atoms with Crippen molar-refractivity contribution in [3.8, 4) is 0 Å². The van der Waals surface area contributed by atoms with Crippen molar-refractivity contribution in [1.29, 1.82) is 0 Å². The molecule has 0 aliphatic rings. The number of halogens is 4. The van der Waals surface area contributed by atoms with Gasteiger partial charge in [-0.1, -0.05) is 30.3 Å². The van der Waals surface area contributed by atoms with Crippen LogP contribution in [0.25, 0.3) is 11.0 Å². The Kier molecular flexibility index (Phi) is 4.65. The van der Waals surface area contributed by atoms with E-state index in [2.05, 4.69) is 10.1 Å². The predicted octanol–water partition coefficient (Wildman–Crippen LogP) is 3.85. The first-order valence-corrected chi connectivity index (χ1v) is 8.63. The van der Waals surface area contributed by atoms with E-state index < -0.39 is 23.1 Å². The maximum Gasteiger partial charge on any atom is 0.416 e. The topological polar surface area (TPSA) is 52.7 Å². The minimum Gasteiger partial charge on any atom is -0.294 e. The SMILES string of the molecule is O=c1c2cnn(Cc3ccccc3F)c2ncn1Cc1cccc(C(F)(F)F)c1. The van der Waals surface area contributed by atoms with Gasteiger partial charge in [0.25, 0.3) is 5.56 Å². The highest BCUT2D eigenvalue weighted by Gasteiger charge is 2.30. The van der Waals surface area contributed by atoms with Gasteiger partial charge in [0, 0.05) is 5.56 Å². The van der Waals surface area contributed by atoms with Crippen LogP contribution in [0, 0.1) is 5.82 Å². The van der Waals surface area contributed by atoms with Gasteiger partial charge in [-0.05, 0) is 23.8 Å². The molecule has 0 amide bonds. The highest BCUT2D eigenvalue weighted by atomic mass is 19.4. The lowest BCUT2D eigenvalue weighted by Gasteiger charge is -2.10. The van der Waals surface area contributed by atoms with Crippen molar-refractivity contribution in [3.05, 3.63) is 93.9 Å². The standard InChI is InChI=1S/C20H14F4N4O/c21-17-7-2-1-5-14(17)11-28-18-16(9-26-28)19(29)27(12-25-18)10-13-4-3-6-15(8-13)20(22,23)24/h1-9,12H,10-11H2. The summed E-state index contributed by atoms with van der Waals surface area (Å²) in [5.74, 6) is -0.394. The zero-order valence-electron chi connectivity index (χ0n) is 14.9. The number of hydrogen-bond donors (Lipinski definition) is 0. The van der Waals surface area contributed by atoms with E-state index in [0.29, 0.717) is 11.1 Å². The van der Waals surface area contributed by atoms with Crippen LogP contribution in [0.4, 0.5) is 17.6 Å². The van der Waals surface area contributed by atoms with Gasteiger partial charge in [0.1, 0.15) is 17.5 Å². The van der Waals surface area contributed by atoms with E-state index in [1.54, 1.807) is 18.2 Å². The normalized spacial score (nSPS) is 11.9. The van der Waals surface area contributed by atoms with Crippen LogP contribution in [0.1, 0.15) is 16.7 Å². The van der Waals surface area contributed by atoms with Crippen molar-refractivity contribution in [2.45, 2.75) is 19.3 Å². The average Bonchev–Trinajstić information content (AvgIpc) is 3.09. The molecule has 0 atom stereocenters. The molecule has 4 aromatic rings. The number of fused-ring (bicyclic) bond motifs is 1. The molecule has 0 N–H and O–H groups in total. The molecule has 9 heteroatoms. The molecule has 0 fully saturated rings. The van der Waals surface area contributed by atoms with Crippen LogP contribution in [0.15, 0.2) is 65.8 Å². The van der Waals surface area contributed by atoms with Gasteiger partial charge in [-0.3, -0.25) is 9.36 Å². The van der Waals surface area contributed by atoms with Gasteiger partial charge in [-0.2, -0.15) is 18.3 Å². The van der Waals surface area contributed by atoms with Crippen molar-refractivity contribution in [1.82, 2.24) is 19.3 Å². The van der Waals surface area contributed by atoms with Gasteiger partial charge in [0.05, 0.1) is 24.8 Å². The zero-order chi connectivity index (χ0) is 20.6. The Morgan fingerprint density at radius 1 is 1.00 bits per heavy atom. The minimum atomic E-state index is -4.46. The summed E-state index contributed by atoms with van der Waals surface area (Å²) in [7, 11) is 0. The first kappa shape index (κ1) is 18.9. The second kappa shape index (κ2) is 7.16. The Labute approximate surface area is 161 Å². The van der Waals surface area contributed by atoms with E-state index in [0.717, 1.165) is 12.1 Å². The number of nitrogens with zero attached hydrogens (tertiary/aromatic N) is 4. The lowest BCUT2D eigenvalue weighted by molar-refractivity contribution is -0.137. The van der Waals surface area contributed by atoms with Crippen LogP contribution < -0.4 is 5.56 Å². The summed E-state index contributed by atoms with van der Waals surface area (Å²) in [6.45, 7) is 0.0322. The molecule has 0 aliphatic heterocycles. The number of benzene rings is 2. The summed E-state index contributed by atoms with van der Waals surface area (Å²) in [6.07, 6.45) is -1.88. The summed E-state index contributed by atoms with van der Waals surface area (Å²) < 4.78 is 55.2. The smallest absolute Gasteiger partial charge is 0.294 e. The van der Waals surface area contributed by atoms with E-state index in [9.17, 15) is 22.4 Å². The summed E-state index contributed by atoms with van der Waals surface area (Å²) in [5.41, 5.74) is -0.227. The largest absolute Gasteiger partial charge is 0.416 e. The molecule has 0 spiro atoms. The number of alkyl halides is 3. The van der Waals surface area contributed by atoms with Gasteiger partial charge in [-0.15, -0.1) is 0 Å². The lowest BCUT2D eigenvalue weighted by Crippen LogP contribution is -2.21. The van der Waals surface area contributed by atoms with Crippen molar-refractivity contribution in [2.75, 3.05) is 0 Å². The van der Waals surface area contributed by atoms with Crippen LogP contribution in [-0.4, -0.2) is 19.3 Å². The molecule has 4 rings (SSSR count). The Morgan fingerprint density at radius 3 is 2.55 bits per heavy atom. The first-order chi connectivity index (χ1) is 13.8. The minimum absolute atomic E-state index is 0.0653. The summed E-state index contributed by atoms with van der Waals surface area (Å²) in [6, 6.07) is 11.0. The third-order valence-electron chi connectivity index (χ3n) is 4.51. The monoisotopic (exact) mass is 402 g/mol. The Bertz CT molecular complexity index is 1240. The molecule has 2 aromatic carbocycles. The Balaban J connectivity index is 1.66. The third-order valence-corrected chi connectivity index (χ3v) is 4.51. The van der Waals surface area contributed by atoms with Crippen LogP contribution >= 0.6 is 0 Å². The lowest BCUT2D eigenvalue weighted by atomic mass is 10.1. The molecule has 0 bridgehead atoms. The Hall–Kier alpha value is -3.49. The molecule has 148 valence electrons. The molecule has 0 unspecified atom stereocenters. The van der Waals surface area contributed by atoms with E-state index in [-0.39, 0.29) is 24.1 Å². The molecular formula is C20H14F4N4O. The number of rotatable bonds is 4. The molecule has 0 radical (unpaired) electrons. The van der Waals surface area contributed by atoms with Gasteiger partial charge in [0.2, 0.25) is 0 Å². The average molecular weight is 402 g/mol. The summed E-state index contributed by atoms with van der Waals surface area (Å²) in [5, 5.41) is 4.32. The predicted molar refractivity (Wildman–Crippen MR) is 97.8 cm³/mol. The van der Waals surface area contributed by atoms with E-state index in [1.165, 1.54) is 40.0 Å². The fraction of sp³-hybridized carbons (Fsp3) is 0.150. The van der Waals surface area contributed by atoms with Crippen molar-refractivity contribution in [2.24, 2.45) is 0 Å². The van der Waals surface area contributed by atoms with Gasteiger partial charge in [-0.25, -0.2) is 14.1 Å². The fourth-order valence-corrected chi connectivity index (χ4v) is 3.06. The zero-order valence-corrected chi connectivity index (χ0v) is 14.9. The van der Waals surface area contributed by atoms with E-state index >= 15 is 0 Å². The highest BCUT2D eigenvalue weighted by molar-refractivity contribution is 5.73. The van der Waals surface area contributed by atoms with E-state index in [1.807, 2.05) is 0 Å². The second-order valence-electron chi connectivity index (χ2n) is 6.51. The van der Waals surface area contributed by atoms with Crippen molar-refractivity contribution >= 4 is 11.0 Å². The molecule has 0 saturated carbocycles. The highest BCUT2D eigenvalue weighted by Crippen LogP contribution is 2.29. The summed E-state index contributed by atoms with van der Waals surface area (Å²) >= 11 is 0. The maximum atomic E-state index is 13.9. The fourth-order valence-electron chi connectivity index (χ4n) is 3.06. The number of aromatic nitrogens is 4. The number of hydrogen-bond acceptors (Lipinski definition) is 3. The molecule has 2 heterocycles. The van der Waals surface area contributed by atoms with E-state index in [4.69, 9.17) is 0 Å². The van der Waals surface area contributed by atoms with Crippen molar-refractivity contribution < 1.29 is 17.6 Å². The Morgan fingerprint density at radius 2 is 1.79 bits per heavy atom. The van der Waals surface area contributed by atoms with Gasteiger partial charge < -0.3 is 0 Å². The molecule has 0 saturated heterocycles. The molecule has 29 heavy (non-hydrogen) atoms. The summed E-state index contributed by atoms with van der Waals surface area (Å²) in [4.78, 5) is 16.9. The van der Waals surface area contributed by atoms with Crippen molar-refractivity contribution in [3.63, 3.8) is 0 Å².